The van der Waals surface area contributed by atoms with Crippen molar-refractivity contribution in [3.8, 4) is 0 Å². The van der Waals surface area contributed by atoms with Gasteiger partial charge >= 0.3 is 0 Å². The Morgan fingerprint density at radius 1 is 1.42 bits per heavy atom. The number of hydrogen-bond donors (Lipinski definition) is 2. The lowest BCUT2D eigenvalue weighted by molar-refractivity contribution is 0.584. The standard InChI is InChI=1S/C11H14Br2N2O2S2/c1-2-4-18-5-3-15-19(16,17)11-9(13)6-8(12)7-10(11)14/h2,6-7,15H,1,3-5,14H2. The lowest BCUT2D eigenvalue weighted by Crippen LogP contribution is -2.27. The minimum Gasteiger partial charge on any atom is -0.398 e. The minimum absolute atomic E-state index is 0.0735. The molecule has 1 aromatic rings. The highest BCUT2D eigenvalue weighted by molar-refractivity contribution is 9.11. The molecule has 0 radical (unpaired) electrons. The fourth-order valence-corrected chi connectivity index (χ4v) is 5.16. The number of hydrogen-bond acceptors (Lipinski definition) is 4. The molecule has 0 heterocycles. The molecule has 0 aliphatic rings. The summed E-state index contributed by atoms with van der Waals surface area (Å²) in [6, 6.07) is 3.21. The van der Waals surface area contributed by atoms with Gasteiger partial charge in [-0.1, -0.05) is 22.0 Å². The van der Waals surface area contributed by atoms with E-state index in [2.05, 4.69) is 43.2 Å². The minimum atomic E-state index is -3.61. The Balaban J connectivity index is 2.80. The average Bonchev–Trinajstić information content (AvgIpc) is 2.26. The predicted octanol–water partition coefficient (Wildman–Crippen LogP) is 2.99. The Labute approximate surface area is 134 Å². The van der Waals surface area contributed by atoms with Crippen molar-refractivity contribution in [3.05, 3.63) is 33.7 Å². The summed E-state index contributed by atoms with van der Waals surface area (Å²) >= 11 is 8.08. The Kier molecular flexibility index (Phi) is 6.89. The molecule has 19 heavy (non-hydrogen) atoms. The number of nitrogens with one attached hydrogen (secondary N) is 1. The number of nitrogens with two attached hydrogens (primary N) is 1. The molecular formula is C11H14Br2N2O2S2. The summed E-state index contributed by atoms with van der Waals surface area (Å²) in [5, 5.41) is 0. The molecule has 3 N–H and O–H groups in total. The van der Waals surface area contributed by atoms with Crippen LogP contribution in [0, 0.1) is 0 Å². The molecule has 0 aliphatic heterocycles. The van der Waals surface area contributed by atoms with Gasteiger partial charge in [0.15, 0.2) is 0 Å². The van der Waals surface area contributed by atoms with Crippen LogP contribution in [-0.4, -0.2) is 26.5 Å². The van der Waals surface area contributed by atoms with Gasteiger partial charge < -0.3 is 5.73 Å². The summed E-state index contributed by atoms with van der Waals surface area (Å²) in [5.41, 5.74) is 5.96. The van der Waals surface area contributed by atoms with Gasteiger partial charge in [0.2, 0.25) is 10.0 Å². The normalized spacial score (nSPS) is 11.5. The van der Waals surface area contributed by atoms with Crippen LogP contribution in [0.2, 0.25) is 0 Å². The van der Waals surface area contributed by atoms with Gasteiger partial charge in [-0.25, -0.2) is 13.1 Å². The van der Waals surface area contributed by atoms with E-state index in [1.807, 2.05) is 0 Å². The maximum Gasteiger partial charge on any atom is 0.243 e. The van der Waals surface area contributed by atoms with E-state index in [1.165, 1.54) is 0 Å². The highest BCUT2D eigenvalue weighted by Crippen LogP contribution is 2.31. The van der Waals surface area contributed by atoms with Gasteiger partial charge in [0.1, 0.15) is 4.90 Å². The highest BCUT2D eigenvalue weighted by Gasteiger charge is 2.20. The van der Waals surface area contributed by atoms with Crippen LogP contribution in [0.4, 0.5) is 5.69 Å². The van der Waals surface area contributed by atoms with Gasteiger partial charge in [-0.3, -0.25) is 0 Å². The molecular weight excluding hydrogens is 416 g/mol. The monoisotopic (exact) mass is 428 g/mol. The summed E-state index contributed by atoms with van der Waals surface area (Å²) in [6.07, 6.45) is 1.78. The highest BCUT2D eigenvalue weighted by atomic mass is 79.9. The van der Waals surface area contributed by atoms with Crippen LogP contribution in [0.3, 0.4) is 0 Å². The van der Waals surface area contributed by atoms with E-state index < -0.39 is 10.0 Å². The smallest absolute Gasteiger partial charge is 0.243 e. The molecule has 0 saturated heterocycles. The van der Waals surface area contributed by atoms with E-state index in [1.54, 1.807) is 30.0 Å². The van der Waals surface area contributed by atoms with Gasteiger partial charge in [-0.2, -0.15) is 11.8 Å². The Bertz CT molecular complexity index is 539. The second-order valence-electron chi connectivity index (χ2n) is 3.57. The van der Waals surface area contributed by atoms with E-state index in [0.29, 0.717) is 16.8 Å². The first kappa shape index (κ1) is 17.0. The van der Waals surface area contributed by atoms with E-state index in [-0.39, 0.29) is 10.6 Å². The van der Waals surface area contributed by atoms with Gasteiger partial charge in [0.05, 0.1) is 5.69 Å². The number of halogens is 2. The first-order valence-electron chi connectivity index (χ1n) is 5.31. The van der Waals surface area contributed by atoms with Crippen molar-refractivity contribution in [3.63, 3.8) is 0 Å². The summed E-state index contributed by atoms with van der Waals surface area (Å²) in [6.45, 7) is 3.95. The zero-order valence-corrected chi connectivity index (χ0v) is 14.8. The fraction of sp³-hybridized carbons (Fsp3) is 0.273. The van der Waals surface area contributed by atoms with Crippen molar-refractivity contribution < 1.29 is 8.42 Å². The van der Waals surface area contributed by atoms with Gasteiger partial charge in [-0.15, -0.1) is 6.58 Å². The van der Waals surface area contributed by atoms with E-state index in [9.17, 15) is 8.42 Å². The molecule has 106 valence electrons. The molecule has 0 spiro atoms. The second kappa shape index (κ2) is 7.68. The molecule has 0 aromatic heterocycles. The molecule has 0 aliphatic carbocycles. The number of anilines is 1. The second-order valence-corrected chi connectivity index (χ2v) is 8.19. The number of sulfonamides is 1. The Hall–Kier alpha value is -0.0200. The molecule has 4 nitrogen and oxygen atoms in total. The SMILES string of the molecule is C=CCSCCNS(=O)(=O)c1c(N)cc(Br)cc1Br. The lowest BCUT2D eigenvalue weighted by Gasteiger charge is -2.11. The molecule has 0 amide bonds. The third kappa shape index (κ3) is 5.11. The van der Waals surface area contributed by atoms with E-state index in [0.717, 1.165) is 10.2 Å². The predicted molar refractivity (Wildman–Crippen MR) is 89.0 cm³/mol. The first-order valence-corrected chi connectivity index (χ1v) is 9.53. The average molecular weight is 430 g/mol. The maximum absolute atomic E-state index is 12.2. The topological polar surface area (TPSA) is 72.2 Å². The number of nitrogen functional groups attached to an aromatic ring is 1. The third-order valence-electron chi connectivity index (χ3n) is 2.08. The van der Waals surface area contributed by atoms with Crippen molar-refractivity contribution >= 4 is 59.3 Å². The molecule has 1 rings (SSSR count). The summed E-state index contributed by atoms with van der Waals surface area (Å²) in [7, 11) is -3.61. The van der Waals surface area contributed by atoms with Crippen molar-refractivity contribution in [2.75, 3.05) is 23.8 Å². The molecule has 8 heteroatoms. The van der Waals surface area contributed by atoms with Crippen LogP contribution in [-0.2, 0) is 10.0 Å². The lowest BCUT2D eigenvalue weighted by atomic mass is 10.3. The zero-order chi connectivity index (χ0) is 14.5. The van der Waals surface area contributed by atoms with Crippen molar-refractivity contribution in [1.82, 2.24) is 4.72 Å². The van der Waals surface area contributed by atoms with Crippen molar-refractivity contribution in [1.29, 1.82) is 0 Å². The van der Waals surface area contributed by atoms with Crippen LogP contribution in [0.25, 0.3) is 0 Å². The molecule has 0 saturated carbocycles. The van der Waals surface area contributed by atoms with Gasteiger partial charge in [0, 0.05) is 27.0 Å². The zero-order valence-electron chi connectivity index (χ0n) is 10.0. The van der Waals surface area contributed by atoms with E-state index in [4.69, 9.17) is 5.73 Å². The number of benzene rings is 1. The third-order valence-corrected chi connectivity index (χ3v) is 5.97. The molecule has 0 bridgehead atoms. The maximum atomic E-state index is 12.2. The van der Waals surface area contributed by atoms with Crippen molar-refractivity contribution in [2.45, 2.75) is 4.90 Å². The van der Waals surface area contributed by atoms with Crippen LogP contribution in [0.1, 0.15) is 0 Å². The quantitative estimate of drug-likeness (QED) is 0.397. The molecule has 1 aromatic carbocycles. The first-order chi connectivity index (χ1) is 8.88. The summed E-state index contributed by atoms with van der Waals surface area (Å²) in [4.78, 5) is 0.0735. The fourth-order valence-electron chi connectivity index (χ4n) is 1.35. The summed E-state index contributed by atoms with van der Waals surface area (Å²) in [5.74, 6) is 1.48. The van der Waals surface area contributed by atoms with Crippen LogP contribution in [0.15, 0.2) is 38.6 Å². The Morgan fingerprint density at radius 2 is 2.11 bits per heavy atom. The van der Waals surface area contributed by atoms with Crippen LogP contribution in [0.5, 0.6) is 0 Å². The summed E-state index contributed by atoms with van der Waals surface area (Å²) < 4.78 is 28.0. The largest absolute Gasteiger partial charge is 0.398 e. The van der Waals surface area contributed by atoms with Crippen LogP contribution < -0.4 is 10.5 Å². The number of thioether (sulfide) groups is 1. The molecule has 0 unspecified atom stereocenters. The van der Waals surface area contributed by atoms with Gasteiger partial charge in [-0.05, 0) is 28.1 Å². The van der Waals surface area contributed by atoms with Crippen molar-refractivity contribution in [2.24, 2.45) is 0 Å². The Morgan fingerprint density at radius 3 is 2.68 bits per heavy atom. The number of rotatable bonds is 7. The molecule has 0 atom stereocenters. The molecule has 0 fully saturated rings. The van der Waals surface area contributed by atoms with Crippen LogP contribution >= 0.6 is 43.6 Å². The van der Waals surface area contributed by atoms with E-state index >= 15 is 0 Å². The van der Waals surface area contributed by atoms with Gasteiger partial charge in [0.25, 0.3) is 0 Å².